The quantitative estimate of drug-likeness (QED) is 0.732. The Morgan fingerprint density at radius 1 is 1.21 bits per heavy atom. The highest BCUT2D eigenvalue weighted by Gasteiger charge is 2.15. The summed E-state index contributed by atoms with van der Waals surface area (Å²) in [6, 6.07) is 12.5. The molecule has 5 nitrogen and oxygen atoms in total. The average Bonchev–Trinajstić information content (AvgIpc) is 2.56. The SMILES string of the molecule is CCOc1ccccc1NC(=S)NC(=O)c1cc(Br)ccc1OC. The highest BCUT2D eigenvalue weighted by molar-refractivity contribution is 9.10. The van der Waals surface area contributed by atoms with Crippen molar-refractivity contribution in [2.75, 3.05) is 19.0 Å². The van der Waals surface area contributed by atoms with E-state index >= 15 is 0 Å². The fourth-order valence-electron chi connectivity index (χ4n) is 2.03. The molecule has 0 radical (unpaired) electrons. The molecule has 2 aromatic carbocycles. The van der Waals surface area contributed by atoms with Gasteiger partial charge in [0.1, 0.15) is 11.5 Å². The number of hydrogen-bond acceptors (Lipinski definition) is 4. The number of hydrogen-bond donors (Lipinski definition) is 2. The first-order valence-electron chi connectivity index (χ1n) is 7.22. The molecule has 0 aromatic heterocycles. The van der Waals surface area contributed by atoms with Crippen LogP contribution in [0, 0.1) is 0 Å². The van der Waals surface area contributed by atoms with Crippen LogP contribution in [0.2, 0.25) is 0 Å². The molecular formula is C17H17BrN2O3S. The van der Waals surface area contributed by atoms with E-state index in [1.54, 1.807) is 18.2 Å². The number of para-hydroxylation sites is 2. The number of nitrogens with one attached hydrogen (secondary N) is 2. The Morgan fingerprint density at radius 3 is 2.67 bits per heavy atom. The number of halogens is 1. The summed E-state index contributed by atoms with van der Waals surface area (Å²) in [6.45, 7) is 2.43. The van der Waals surface area contributed by atoms with Crippen molar-refractivity contribution in [3.8, 4) is 11.5 Å². The summed E-state index contributed by atoms with van der Waals surface area (Å²) in [5.74, 6) is 0.768. The molecule has 2 aromatic rings. The number of carbonyl (C=O) groups excluding carboxylic acids is 1. The third-order valence-electron chi connectivity index (χ3n) is 3.07. The maximum Gasteiger partial charge on any atom is 0.261 e. The van der Waals surface area contributed by atoms with E-state index in [4.69, 9.17) is 21.7 Å². The van der Waals surface area contributed by atoms with Crippen molar-refractivity contribution in [1.82, 2.24) is 5.32 Å². The summed E-state index contributed by atoms with van der Waals surface area (Å²) >= 11 is 8.56. The zero-order chi connectivity index (χ0) is 17.5. The number of amides is 1. The maximum atomic E-state index is 12.4. The predicted octanol–water partition coefficient (Wildman–Crippen LogP) is 3.98. The smallest absolute Gasteiger partial charge is 0.261 e. The Hall–Kier alpha value is -2.12. The number of benzene rings is 2. The fourth-order valence-corrected chi connectivity index (χ4v) is 2.60. The Bertz CT molecular complexity index is 752. The third-order valence-corrected chi connectivity index (χ3v) is 3.77. The predicted molar refractivity (Wildman–Crippen MR) is 102 cm³/mol. The normalized spacial score (nSPS) is 9.96. The van der Waals surface area contributed by atoms with E-state index in [-0.39, 0.29) is 11.0 Å². The van der Waals surface area contributed by atoms with Gasteiger partial charge >= 0.3 is 0 Å². The topological polar surface area (TPSA) is 59.6 Å². The molecule has 24 heavy (non-hydrogen) atoms. The zero-order valence-corrected chi connectivity index (χ0v) is 15.7. The summed E-state index contributed by atoms with van der Waals surface area (Å²) in [5.41, 5.74) is 1.07. The van der Waals surface area contributed by atoms with Crippen LogP contribution < -0.4 is 20.1 Å². The molecule has 7 heteroatoms. The molecule has 2 N–H and O–H groups in total. The van der Waals surface area contributed by atoms with Crippen LogP contribution in [0.4, 0.5) is 5.69 Å². The van der Waals surface area contributed by atoms with E-state index in [9.17, 15) is 4.79 Å². The van der Waals surface area contributed by atoms with Crippen molar-refractivity contribution in [1.29, 1.82) is 0 Å². The van der Waals surface area contributed by atoms with Gasteiger partial charge in [-0.15, -0.1) is 0 Å². The molecule has 0 saturated heterocycles. The van der Waals surface area contributed by atoms with Gasteiger partial charge in [-0.1, -0.05) is 28.1 Å². The molecule has 1 amide bonds. The third kappa shape index (κ3) is 4.69. The minimum atomic E-state index is -0.362. The van der Waals surface area contributed by atoms with Crippen LogP contribution in [0.3, 0.4) is 0 Å². The van der Waals surface area contributed by atoms with Crippen LogP contribution in [0.5, 0.6) is 11.5 Å². The molecule has 0 fully saturated rings. The average molecular weight is 409 g/mol. The van der Waals surface area contributed by atoms with Crippen molar-refractivity contribution in [2.45, 2.75) is 6.92 Å². The molecule has 0 aliphatic carbocycles. The molecular weight excluding hydrogens is 392 g/mol. The van der Waals surface area contributed by atoms with Crippen molar-refractivity contribution >= 4 is 44.9 Å². The van der Waals surface area contributed by atoms with E-state index in [0.29, 0.717) is 29.4 Å². The van der Waals surface area contributed by atoms with Gasteiger partial charge in [-0.05, 0) is 49.5 Å². The number of anilines is 1. The van der Waals surface area contributed by atoms with Gasteiger partial charge in [-0.3, -0.25) is 10.1 Å². The van der Waals surface area contributed by atoms with Gasteiger partial charge in [0.25, 0.3) is 5.91 Å². The molecule has 0 aliphatic heterocycles. The molecule has 0 bridgehead atoms. The second kappa shape index (κ2) is 8.65. The van der Waals surface area contributed by atoms with Crippen molar-refractivity contribution < 1.29 is 14.3 Å². The minimum absolute atomic E-state index is 0.175. The van der Waals surface area contributed by atoms with Gasteiger partial charge in [0, 0.05) is 4.47 Å². The first-order chi connectivity index (χ1) is 11.5. The van der Waals surface area contributed by atoms with E-state index in [2.05, 4.69) is 26.6 Å². The van der Waals surface area contributed by atoms with E-state index in [1.807, 2.05) is 31.2 Å². The molecule has 0 aliphatic rings. The van der Waals surface area contributed by atoms with Gasteiger partial charge < -0.3 is 14.8 Å². The lowest BCUT2D eigenvalue weighted by atomic mass is 10.2. The van der Waals surface area contributed by atoms with E-state index in [0.717, 1.165) is 4.47 Å². The van der Waals surface area contributed by atoms with Gasteiger partial charge in [-0.2, -0.15) is 0 Å². The largest absolute Gasteiger partial charge is 0.496 e. The Kier molecular flexibility index (Phi) is 6.57. The summed E-state index contributed by atoms with van der Waals surface area (Å²) < 4.78 is 11.5. The van der Waals surface area contributed by atoms with Crippen LogP contribution in [0.15, 0.2) is 46.9 Å². The molecule has 0 saturated carbocycles. The van der Waals surface area contributed by atoms with Crippen molar-refractivity contribution in [3.05, 3.63) is 52.5 Å². The highest BCUT2D eigenvalue weighted by atomic mass is 79.9. The second-order valence-corrected chi connectivity index (χ2v) is 6.01. The number of ether oxygens (including phenoxy) is 2. The number of rotatable bonds is 5. The summed E-state index contributed by atoms with van der Waals surface area (Å²) in [7, 11) is 1.51. The first-order valence-corrected chi connectivity index (χ1v) is 8.43. The van der Waals surface area contributed by atoms with Gasteiger partial charge in [0.15, 0.2) is 5.11 Å². The van der Waals surface area contributed by atoms with Crippen molar-refractivity contribution in [2.24, 2.45) is 0 Å². The Balaban J connectivity index is 2.10. The molecule has 126 valence electrons. The van der Waals surface area contributed by atoms with E-state index in [1.165, 1.54) is 7.11 Å². The summed E-state index contributed by atoms with van der Waals surface area (Å²) in [6.07, 6.45) is 0. The molecule has 0 atom stereocenters. The minimum Gasteiger partial charge on any atom is -0.496 e. The summed E-state index contributed by atoms with van der Waals surface area (Å²) in [5, 5.41) is 5.79. The standard InChI is InChI=1S/C17H17BrN2O3S/c1-3-23-15-7-5-4-6-13(15)19-17(24)20-16(21)12-10-11(18)8-9-14(12)22-2/h4-10H,3H2,1-2H3,(H2,19,20,21,24). The van der Waals surface area contributed by atoms with Gasteiger partial charge in [-0.25, -0.2) is 0 Å². The number of methoxy groups -OCH3 is 1. The van der Waals surface area contributed by atoms with E-state index < -0.39 is 0 Å². The van der Waals surface area contributed by atoms with Crippen LogP contribution in [0.1, 0.15) is 17.3 Å². The number of thiocarbonyl (C=S) groups is 1. The van der Waals surface area contributed by atoms with Crippen LogP contribution in [-0.2, 0) is 0 Å². The second-order valence-electron chi connectivity index (χ2n) is 4.68. The number of carbonyl (C=O) groups is 1. The molecule has 0 unspecified atom stereocenters. The first kappa shape index (κ1) is 18.2. The van der Waals surface area contributed by atoms with Gasteiger partial charge in [0.2, 0.25) is 0 Å². The maximum absolute atomic E-state index is 12.4. The van der Waals surface area contributed by atoms with Gasteiger partial charge in [0.05, 0.1) is 25.0 Å². The molecule has 0 spiro atoms. The monoisotopic (exact) mass is 408 g/mol. The molecule has 0 heterocycles. The fraction of sp³-hybridized carbons (Fsp3) is 0.176. The van der Waals surface area contributed by atoms with Crippen LogP contribution in [-0.4, -0.2) is 24.7 Å². The van der Waals surface area contributed by atoms with Crippen LogP contribution in [0.25, 0.3) is 0 Å². The zero-order valence-electron chi connectivity index (χ0n) is 13.3. The lowest BCUT2D eigenvalue weighted by molar-refractivity contribution is 0.0974. The Labute approximate surface area is 154 Å². The summed E-state index contributed by atoms with van der Waals surface area (Å²) in [4.78, 5) is 12.4. The molecule has 2 rings (SSSR count). The van der Waals surface area contributed by atoms with Crippen molar-refractivity contribution in [3.63, 3.8) is 0 Å². The van der Waals surface area contributed by atoms with Crippen LogP contribution >= 0.6 is 28.1 Å². The Morgan fingerprint density at radius 2 is 1.96 bits per heavy atom. The lowest BCUT2D eigenvalue weighted by Crippen LogP contribution is -2.34. The highest BCUT2D eigenvalue weighted by Crippen LogP contribution is 2.24. The lowest BCUT2D eigenvalue weighted by Gasteiger charge is -2.14.